The first-order valence-electron chi connectivity index (χ1n) is 11.2. The van der Waals surface area contributed by atoms with E-state index >= 15 is 0 Å². The van der Waals surface area contributed by atoms with Gasteiger partial charge in [-0.05, 0) is 39.3 Å². The Bertz CT molecular complexity index is 940. The second kappa shape index (κ2) is 8.54. The van der Waals surface area contributed by atoms with Crippen LogP contribution in [0.25, 0.3) is 0 Å². The third kappa shape index (κ3) is 3.97. The molecule has 2 saturated heterocycles. The molecule has 0 spiro atoms. The third-order valence-corrected chi connectivity index (χ3v) is 6.58. The molecule has 0 aliphatic carbocycles. The van der Waals surface area contributed by atoms with Crippen LogP contribution in [0.1, 0.15) is 44.0 Å². The molecule has 9 nitrogen and oxygen atoms in total. The highest BCUT2D eigenvalue weighted by Crippen LogP contribution is 2.43. The Morgan fingerprint density at radius 2 is 1.75 bits per heavy atom. The molecular formula is C23H31N5O4. The molecule has 3 aliphatic rings. The number of amides is 4. The number of nitrogens with one attached hydrogen (secondary N) is 1. The van der Waals surface area contributed by atoms with Gasteiger partial charge in [0.25, 0.3) is 5.91 Å². The van der Waals surface area contributed by atoms with Gasteiger partial charge in [0.2, 0.25) is 17.7 Å². The molecule has 0 aromatic heterocycles. The van der Waals surface area contributed by atoms with Gasteiger partial charge in [0.15, 0.2) is 0 Å². The van der Waals surface area contributed by atoms with Gasteiger partial charge < -0.3 is 15.1 Å². The molecule has 9 heteroatoms. The maximum absolute atomic E-state index is 13.3. The van der Waals surface area contributed by atoms with Crippen LogP contribution in [0.2, 0.25) is 0 Å². The molecule has 0 radical (unpaired) electrons. The molecule has 32 heavy (non-hydrogen) atoms. The standard InChI is InChI=1S/C23H31N5O4/c1-16(2)24-19(29)14-25-10-12-26(13-11-25)21(31)15-27-22(32)17-6-4-5-7-18(17)28-20(30)8-9-23(27,28)3/h4-7,16H,8-15H2,1-3H3,(H,24,29). The van der Waals surface area contributed by atoms with Crippen molar-refractivity contribution < 1.29 is 19.2 Å². The second-order valence-corrected chi connectivity index (χ2v) is 9.23. The summed E-state index contributed by atoms with van der Waals surface area (Å²) in [6.07, 6.45) is 0.845. The van der Waals surface area contributed by atoms with E-state index in [1.54, 1.807) is 32.9 Å². The molecule has 1 unspecified atom stereocenters. The molecule has 0 bridgehead atoms. The van der Waals surface area contributed by atoms with Crippen molar-refractivity contribution >= 4 is 29.3 Å². The van der Waals surface area contributed by atoms with Gasteiger partial charge in [0.1, 0.15) is 12.2 Å². The summed E-state index contributed by atoms with van der Waals surface area (Å²) in [5, 5.41) is 2.88. The van der Waals surface area contributed by atoms with Gasteiger partial charge >= 0.3 is 0 Å². The Kier molecular flexibility index (Phi) is 5.94. The lowest BCUT2D eigenvalue weighted by molar-refractivity contribution is -0.135. The van der Waals surface area contributed by atoms with Crippen molar-refractivity contribution in [2.45, 2.75) is 45.3 Å². The van der Waals surface area contributed by atoms with Crippen LogP contribution in [-0.2, 0) is 14.4 Å². The first kappa shape index (κ1) is 22.3. The molecule has 1 aromatic carbocycles. The minimum atomic E-state index is -0.838. The lowest BCUT2D eigenvalue weighted by Gasteiger charge is -2.49. The van der Waals surface area contributed by atoms with Gasteiger partial charge in [-0.25, -0.2) is 0 Å². The maximum Gasteiger partial charge on any atom is 0.258 e. The maximum atomic E-state index is 13.3. The summed E-state index contributed by atoms with van der Waals surface area (Å²) in [7, 11) is 0. The van der Waals surface area contributed by atoms with Crippen LogP contribution in [0, 0.1) is 0 Å². The smallest absolute Gasteiger partial charge is 0.258 e. The summed E-state index contributed by atoms with van der Waals surface area (Å²) >= 11 is 0. The van der Waals surface area contributed by atoms with Crippen molar-refractivity contribution in [2.24, 2.45) is 0 Å². The number of hydrogen-bond acceptors (Lipinski definition) is 5. The van der Waals surface area contributed by atoms with Crippen molar-refractivity contribution in [1.82, 2.24) is 20.0 Å². The summed E-state index contributed by atoms with van der Waals surface area (Å²) < 4.78 is 0. The first-order chi connectivity index (χ1) is 15.2. The highest BCUT2D eigenvalue weighted by Gasteiger charge is 2.53. The van der Waals surface area contributed by atoms with Crippen molar-refractivity contribution in [2.75, 3.05) is 44.2 Å². The SMILES string of the molecule is CC(C)NC(=O)CN1CCN(C(=O)CN2C(=O)c3ccccc3N3C(=O)CCC23C)CC1. The van der Waals surface area contributed by atoms with Crippen LogP contribution in [0.5, 0.6) is 0 Å². The van der Waals surface area contributed by atoms with Gasteiger partial charge in [-0.2, -0.15) is 0 Å². The zero-order valence-corrected chi connectivity index (χ0v) is 19.0. The fraction of sp³-hybridized carbons (Fsp3) is 0.565. The number of fused-ring (bicyclic) bond motifs is 3. The summed E-state index contributed by atoms with van der Waals surface area (Å²) in [6, 6.07) is 7.19. The highest BCUT2D eigenvalue weighted by atomic mass is 16.2. The average molecular weight is 442 g/mol. The summed E-state index contributed by atoms with van der Waals surface area (Å²) in [5.74, 6) is -0.398. The molecule has 1 atom stereocenters. The Balaban J connectivity index is 1.43. The molecule has 2 fully saturated rings. The molecule has 4 rings (SSSR count). The van der Waals surface area contributed by atoms with E-state index < -0.39 is 5.66 Å². The number of rotatable bonds is 5. The number of hydrogen-bond donors (Lipinski definition) is 1. The van der Waals surface area contributed by atoms with Gasteiger partial charge in [-0.3, -0.25) is 29.0 Å². The average Bonchev–Trinajstić information content (AvgIpc) is 3.06. The molecule has 0 saturated carbocycles. The van der Waals surface area contributed by atoms with E-state index in [1.807, 2.05) is 31.7 Å². The highest BCUT2D eigenvalue weighted by molar-refractivity contribution is 6.11. The van der Waals surface area contributed by atoms with E-state index in [2.05, 4.69) is 5.32 Å². The molecule has 1 aromatic rings. The van der Waals surface area contributed by atoms with E-state index in [0.29, 0.717) is 56.8 Å². The lowest BCUT2D eigenvalue weighted by atomic mass is 9.98. The number of carbonyl (C=O) groups is 4. The number of carbonyl (C=O) groups excluding carboxylic acids is 4. The van der Waals surface area contributed by atoms with Crippen LogP contribution >= 0.6 is 0 Å². The molecule has 3 heterocycles. The summed E-state index contributed by atoms with van der Waals surface area (Å²) in [6.45, 7) is 8.19. The predicted molar refractivity (Wildman–Crippen MR) is 119 cm³/mol. The number of para-hydroxylation sites is 1. The first-order valence-corrected chi connectivity index (χ1v) is 11.2. The quantitative estimate of drug-likeness (QED) is 0.725. The topological polar surface area (TPSA) is 93.3 Å². The second-order valence-electron chi connectivity index (χ2n) is 9.23. The van der Waals surface area contributed by atoms with Crippen LogP contribution in [0.3, 0.4) is 0 Å². The minimum absolute atomic E-state index is 0.0173. The molecular weight excluding hydrogens is 410 g/mol. The lowest BCUT2D eigenvalue weighted by Crippen LogP contribution is -2.64. The molecule has 1 N–H and O–H groups in total. The van der Waals surface area contributed by atoms with E-state index in [0.717, 1.165) is 0 Å². The van der Waals surface area contributed by atoms with Crippen molar-refractivity contribution in [3.05, 3.63) is 29.8 Å². The normalized spacial score (nSPS) is 23.4. The van der Waals surface area contributed by atoms with E-state index in [9.17, 15) is 19.2 Å². The Morgan fingerprint density at radius 3 is 2.44 bits per heavy atom. The zero-order chi connectivity index (χ0) is 23.0. The van der Waals surface area contributed by atoms with E-state index in [4.69, 9.17) is 0 Å². The van der Waals surface area contributed by atoms with Gasteiger partial charge in [0.05, 0.1) is 17.8 Å². The van der Waals surface area contributed by atoms with Gasteiger partial charge in [-0.15, -0.1) is 0 Å². The van der Waals surface area contributed by atoms with Crippen molar-refractivity contribution in [1.29, 1.82) is 0 Å². The zero-order valence-electron chi connectivity index (χ0n) is 19.0. The van der Waals surface area contributed by atoms with Crippen molar-refractivity contribution in [3.8, 4) is 0 Å². The molecule has 3 aliphatic heterocycles. The third-order valence-electron chi connectivity index (χ3n) is 6.58. The molecule has 4 amide bonds. The summed E-state index contributed by atoms with van der Waals surface area (Å²) in [5.41, 5.74) is 0.239. The van der Waals surface area contributed by atoms with Crippen LogP contribution < -0.4 is 10.2 Å². The van der Waals surface area contributed by atoms with Gasteiger partial charge in [-0.1, -0.05) is 12.1 Å². The number of anilines is 1. The van der Waals surface area contributed by atoms with Crippen LogP contribution in [-0.4, -0.2) is 89.3 Å². The number of benzene rings is 1. The largest absolute Gasteiger partial charge is 0.353 e. The fourth-order valence-corrected chi connectivity index (χ4v) is 4.90. The van der Waals surface area contributed by atoms with E-state index in [1.165, 1.54) is 0 Å². The number of piperazine rings is 1. The van der Waals surface area contributed by atoms with Crippen LogP contribution in [0.15, 0.2) is 24.3 Å². The fourth-order valence-electron chi connectivity index (χ4n) is 4.90. The van der Waals surface area contributed by atoms with Gasteiger partial charge in [0, 0.05) is 38.6 Å². The van der Waals surface area contributed by atoms with Crippen molar-refractivity contribution in [3.63, 3.8) is 0 Å². The predicted octanol–water partition coefficient (Wildman–Crippen LogP) is 0.654. The van der Waals surface area contributed by atoms with Crippen LogP contribution in [0.4, 0.5) is 5.69 Å². The Hall–Kier alpha value is -2.94. The summed E-state index contributed by atoms with van der Waals surface area (Å²) in [4.78, 5) is 58.1. The number of nitrogens with zero attached hydrogens (tertiary/aromatic N) is 4. The monoisotopic (exact) mass is 441 g/mol. The van der Waals surface area contributed by atoms with E-state index in [-0.39, 0.29) is 36.2 Å². The minimum Gasteiger partial charge on any atom is -0.353 e. The molecule has 172 valence electrons. The Morgan fingerprint density at radius 1 is 1.06 bits per heavy atom. The Labute approximate surface area is 188 Å².